The van der Waals surface area contributed by atoms with Crippen LogP contribution >= 0.6 is 0 Å². The second-order valence-corrected chi connectivity index (χ2v) is 8.24. The number of carbonyl (C=O) groups is 2. The van der Waals surface area contributed by atoms with E-state index in [1.165, 1.54) is 0 Å². The lowest BCUT2D eigenvalue weighted by atomic mass is 9.87. The highest BCUT2D eigenvalue weighted by Gasteiger charge is 2.22. The molecule has 0 aliphatic heterocycles. The van der Waals surface area contributed by atoms with Crippen LogP contribution < -0.4 is 9.64 Å². The highest BCUT2D eigenvalue weighted by molar-refractivity contribution is 5.89. The van der Waals surface area contributed by atoms with Gasteiger partial charge in [0.25, 0.3) is 0 Å². The Morgan fingerprint density at radius 3 is 2.30 bits per heavy atom. The SMILES string of the molecule is C=C(C)C(=O)Oc1ccc(C=O)cc1[C@H](CC)c1cccc(N(C(C)C)C(C)C)c1. The Balaban J connectivity index is 2.56. The molecule has 0 saturated carbocycles. The normalized spacial score (nSPS) is 12.0. The molecule has 0 heterocycles. The number of ether oxygens (including phenoxy) is 1. The molecule has 0 unspecified atom stereocenters. The summed E-state index contributed by atoms with van der Waals surface area (Å²) in [6.07, 6.45) is 1.61. The molecular weight excluding hydrogens is 374 g/mol. The van der Waals surface area contributed by atoms with Crippen LogP contribution in [0, 0.1) is 0 Å². The first-order valence-electron chi connectivity index (χ1n) is 10.5. The monoisotopic (exact) mass is 407 g/mol. The van der Waals surface area contributed by atoms with E-state index in [1.807, 2.05) is 6.07 Å². The van der Waals surface area contributed by atoms with E-state index in [4.69, 9.17) is 4.74 Å². The van der Waals surface area contributed by atoms with Crippen LogP contribution in [0.5, 0.6) is 5.75 Å². The minimum atomic E-state index is -0.468. The Morgan fingerprint density at radius 2 is 1.77 bits per heavy atom. The van der Waals surface area contributed by atoms with Crippen molar-refractivity contribution in [3.8, 4) is 5.75 Å². The fraction of sp³-hybridized carbons (Fsp3) is 0.385. The number of carbonyl (C=O) groups excluding carboxylic acids is 2. The van der Waals surface area contributed by atoms with E-state index in [-0.39, 0.29) is 5.92 Å². The lowest BCUT2D eigenvalue weighted by Gasteiger charge is -2.34. The standard InChI is InChI=1S/C26H33NO3/c1-8-23(21-10-9-11-22(15-21)27(18(4)5)19(6)7)24-14-20(16-28)12-13-25(24)30-26(29)17(2)3/h9-16,18-19,23H,2,8H2,1,3-7H3/t23-/m1/s1. The van der Waals surface area contributed by atoms with Crippen molar-refractivity contribution in [1.29, 1.82) is 0 Å². The van der Waals surface area contributed by atoms with E-state index < -0.39 is 5.97 Å². The van der Waals surface area contributed by atoms with Gasteiger partial charge in [-0.25, -0.2) is 4.79 Å². The van der Waals surface area contributed by atoms with Gasteiger partial charge in [-0.15, -0.1) is 0 Å². The first kappa shape index (κ1) is 23.4. The molecule has 0 aliphatic rings. The van der Waals surface area contributed by atoms with Gasteiger partial charge >= 0.3 is 5.97 Å². The molecule has 1 atom stereocenters. The second-order valence-electron chi connectivity index (χ2n) is 8.24. The summed E-state index contributed by atoms with van der Waals surface area (Å²) in [5.41, 5.74) is 4.00. The van der Waals surface area contributed by atoms with Crippen molar-refractivity contribution in [3.63, 3.8) is 0 Å². The number of aldehydes is 1. The average molecular weight is 408 g/mol. The van der Waals surface area contributed by atoms with Crippen molar-refractivity contribution in [2.24, 2.45) is 0 Å². The summed E-state index contributed by atoms with van der Waals surface area (Å²) in [4.78, 5) is 25.9. The molecule has 160 valence electrons. The van der Waals surface area contributed by atoms with Gasteiger partial charge in [0.05, 0.1) is 0 Å². The molecule has 0 aliphatic carbocycles. The quantitative estimate of drug-likeness (QED) is 0.217. The van der Waals surface area contributed by atoms with E-state index >= 15 is 0 Å². The zero-order valence-electron chi connectivity index (χ0n) is 18.9. The smallest absolute Gasteiger partial charge is 0.338 e. The predicted molar refractivity (Wildman–Crippen MR) is 124 cm³/mol. The van der Waals surface area contributed by atoms with Crippen LogP contribution in [0.4, 0.5) is 5.69 Å². The van der Waals surface area contributed by atoms with E-state index in [1.54, 1.807) is 19.1 Å². The topological polar surface area (TPSA) is 46.6 Å². The molecule has 0 N–H and O–H groups in total. The second kappa shape index (κ2) is 10.2. The Morgan fingerprint density at radius 1 is 1.10 bits per heavy atom. The molecule has 2 aromatic carbocycles. The van der Waals surface area contributed by atoms with Crippen molar-refractivity contribution in [2.75, 3.05) is 4.90 Å². The minimum absolute atomic E-state index is 0.0149. The highest BCUT2D eigenvalue weighted by Crippen LogP contribution is 2.37. The summed E-state index contributed by atoms with van der Waals surface area (Å²) in [5.74, 6) is -0.0149. The van der Waals surface area contributed by atoms with Crippen LogP contribution in [-0.4, -0.2) is 24.3 Å². The minimum Gasteiger partial charge on any atom is -0.423 e. The van der Waals surface area contributed by atoms with Crippen LogP contribution in [0.25, 0.3) is 0 Å². The van der Waals surface area contributed by atoms with E-state index in [9.17, 15) is 9.59 Å². The fourth-order valence-corrected chi connectivity index (χ4v) is 3.92. The molecule has 0 fully saturated rings. The maximum atomic E-state index is 12.2. The van der Waals surface area contributed by atoms with Crippen molar-refractivity contribution in [3.05, 3.63) is 71.3 Å². The molecule has 30 heavy (non-hydrogen) atoms. The van der Waals surface area contributed by atoms with Crippen molar-refractivity contribution in [1.82, 2.24) is 0 Å². The summed E-state index contributed by atoms with van der Waals surface area (Å²) >= 11 is 0. The summed E-state index contributed by atoms with van der Waals surface area (Å²) in [5, 5.41) is 0. The van der Waals surface area contributed by atoms with E-state index in [2.05, 4.69) is 70.4 Å². The van der Waals surface area contributed by atoms with Crippen molar-refractivity contribution in [2.45, 2.75) is 66.0 Å². The third-order valence-electron chi connectivity index (χ3n) is 5.19. The first-order valence-corrected chi connectivity index (χ1v) is 10.5. The number of anilines is 1. The van der Waals surface area contributed by atoms with Crippen LogP contribution in [-0.2, 0) is 4.79 Å². The van der Waals surface area contributed by atoms with E-state index in [0.717, 1.165) is 29.5 Å². The Bertz CT molecular complexity index is 906. The fourth-order valence-electron chi connectivity index (χ4n) is 3.92. The summed E-state index contributed by atoms with van der Waals surface area (Å²) in [7, 11) is 0. The zero-order chi connectivity index (χ0) is 22.4. The van der Waals surface area contributed by atoms with Crippen LogP contribution in [0.15, 0.2) is 54.6 Å². The predicted octanol–water partition coefficient (Wildman–Crippen LogP) is 6.15. The molecule has 0 spiro atoms. The van der Waals surface area contributed by atoms with Gasteiger partial charge in [0, 0.05) is 40.4 Å². The number of benzene rings is 2. The molecule has 4 heteroatoms. The Hall–Kier alpha value is -2.88. The number of hydrogen-bond acceptors (Lipinski definition) is 4. The molecule has 0 saturated heterocycles. The van der Waals surface area contributed by atoms with Gasteiger partial charge in [-0.2, -0.15) is 0 Å². The number of rotatable bonds is 9. The zero-order valence-corrected chi connectivity index (χ0v) is 18.9. The summed E-state index contributed by atoms with van der Waals surface area (Å²) in [6.45, 7) is 16.1. The Kier molecular flexibility index (Phi) is 7.99. The molecule has 0 amide bonds. The van der Waals surface area contributed by atoms with Gasteiger partial charge in [-0.3, -0.25) is 4.79 Å². The number of hydrogen-bond donors (Lipinski definition) is 0. The molecule has 4 nitrogen and oxygen atoms in total. The van der Waals surface area contributed by atoms with Gasteiger partial charge in [0.15, 0.2) is 0 Å². The van der Waals surface area contributed by atoms with Gasteiger partial charge < -0.3 is 9.64 Å². The summed E-state index contributed by atoms with van der Waals surface area (Å²) in [6, 6.07) is 14.4. The Labute approximate surface area is 180 Å². The largest absolute Gasteiger partial charge is 0.423 e. The maximum absolute atomic E-state index is 12.2. The van der Waals surface area contributed by atoms with Crippen LogP contribution in [0.1, 0.15) is 75.4 Å². The van der Waals surface area contributed by atoms with Crippen LogP contribution in [0.3, 0.4) is 0 Å². The van der Waals surface area contributed by atoms with Crippen LogP contribution in [0.2, 0.25) is 0 Å². The lowest BCUT2D eigenvalue weighted by Crippen LogP contribution is -2.37. The average Bonchev–Trinajstić information content (AvgIpc) is 2.69. The van der Waals surface area contributed by atoms with Gasteiger partial charge in [-0.05, 0) is 76.9 Å². The first-order chi connectivity index (χ1) is 14.2. The lowest BCUT2D eigenvalue weighted by molar-refractivity contribution is -0.130. The number of nitrogens with zero attached hydrogens (tertiary/aromatic N) is 1. The molecule has 2 rings (SSSR count). The van der Waals surface area contributed by atoms with Crippen molar-refractivity contribution >= 4 is 17.9 Å². The van der Waals surface area contributed by atoms with Gasteiger partial charge in [0.1, 0.15) is 12.0 Å². The van der Waals surface area contributed by atoms with Gasteiger partial charge in [0.2, 0.25) is 0 Å². The maximum Gasteiger partial charge on any atom is 0.338 e. The third-order valence-corrected chi connectivity index (χ3v) is 5.19. The molecule has 0 aromatic heterocycles. The molecule has 0 bridgehead atoms. The van der Waals surface area contributed by atoms with Gasteiger partial charge in [-0.1, -0.05) is 25.6 Å². The third kappa shape index (κ3) is 5.38. The molecule has 0 radical (unpaired) electrons. The number of esters is 1. The van der Waals surface area contributed by atoms with E-state index in [0.29, 0.717) is 29.0 Å². The molecular formula is C26H33NO3. The summed E-state index contributed by atoms with van der Waals surface area (Å²) < 4.78 is 5.60. The highest BCUT2D eigenvalue weighted by atomic mass is 16.5. The molecule has 2 aromatic rings. The van der Waals surface area contributed by atoms with Crippen molar-refractivity contribution < 1.29 is 14.3 Å².